The molecule has 76 valence electrons. The van der Waals surface area contributed by atoms with E-state index in [0.717, 1.165) is 18.4 Å². The molecule has 0 bridgehead atoms. The molecule has 0 aromatic heterocycles. The molecule has 1 unspecified atom stereocenters. The molecule has 0 aromatic rings. The van der Waals surface area contributed by atoms with E-state index in [1.54, 1.807) is 4.31 Å². The van der Waals surface area contributed by atoms with Gasteiger partial charge in [0, 0.05) is 13.1 Å². The highest BCUT2D eigenvalue weighted by molar-refractivity contribution is 7.88. The molecule has 1 fully saturated rings. The quantitative estimate of drug-likeness (QED) is 0.633. The Morgan fingerprint density at radius 2 is 2.15 bits per heavy atom. The summed E-state index contributed by atoms with van der Waals surface area (Å²) in [5.74, 6) is 0.350. The summed E-state index contributed by atoms with van der Waals surface area (Å²) in [6, 6.07) is 0. The number of sulfonamides is 1. The molecule has 4 heteroatoms. The predicted octanol–water partition coefficient (Wildman–Crippen LogP) is 1.23. The monoisotopic (exact) mass is 203 g/mol. The van der Waals surface area contributed by atoms with Crippen LogP contribution in [0.4, 0.5) is 0 Å². The maximum Gasteiger partial charge on any atom is 0.211 e. The van der Waals surface area contributed by atoms with E-state index in [9.17, 15) is 8.42 Å². The molecule has 1 rings (SSSR count). The van der Waals surface area contributed by atoms with E-state index in [1.807, 2.05) is 6.92 Å². The van der Waals surface area contributed by atoms with E-state index in [0.29, 0.717) is 19.0 Å². The zero-order valence-corrected chi connectivity index (χ0v) is 9.10. The Bertz CT molecular complexity index is 295. The molecule has 0 N–H and O–H groups in total. The second kappa shape index (κ2) is 3.80. The first-order valence-corrected chi connectivity index (χ1v) is 6.36. The second-order valence-electron chi connectivity index (χ2n) is 3.81. The van der Waals surface area contributed by atoms with Gasteiger partial charge in [0.2, 0.25) is 10.0 Å². The molecule has 13 heavy (non-hydrogen) atoms. The van der Waals surface area contributed by atoms with Crippen molar-refractivity contribution in [3.05, 3.63) is 12.2 Å². The standard InChI is InChI=1S/C9H17NO2S/c1-8(2)9-5-4-6-10(7-9)13(3,11)12/h9H,1,4-7H2,2-3H3. The van der Waals surface area contributed by atoms with Gasteiger partial charge in [-0.1, -0.05) is 12.2 Å². The number of nitrogens with zero attached hydrogens (tertiary/aromatic N) is 1. The molecular weight excluding hydrogens is 186 g/mol. The van der Waals surface area contributed by atoms with Gasteiger partial charge in [-0.3, -0.25) is 0 Å². The van der Waals surface area contributed by atoms with Crippen LogP contribution in [0.15, 0.2) is 12.2 Å². The minimum absolute atomic E-state index is 0.350. The van der Waals surface area contributed by atoms with Gasteiger partial charge in [0.15, 0.2) is 0 Å². The largest absolute Gasteiger partial charge is 0.213 e. The molecule has 1 heterocycles. The van der Waals surface area contributed by atoms with Gasteiger partial charge in [0.1, 0.15) is 0 Å². The number of rotatable bonds is 2. The van der Waals surface area contributed by atoms with Crippen LogP contribution in [-0.4, -0.2) is 32.1 Å². The molecule has 0 amide bonds. The van der Waals surface area contributed by atoms with Crippen molar-refractivity contribution < 1.29 is 8.42 Å². The normalized spacial score (nSPS) is 25.8. The van der Waals surface area contributed by atoms with Crippen LogP contribution >= 0.6 is 0 Å². The third-order valence-electron chi connectivity index (χ3n) is 2.55. The highest BCUT2D eigenvalue weighted by atomic mass is 32.2. The van der Waals surface area contributed by atoms with Crippen LogP contribution in [-0.2, 0) is 10.0 Å². The van der Waals surface area contributed by atoms with Crippen molar-refractivity contribution in [1.29, 1.82) is 0 Å². The maximum atomic E-state index is 11.3. The van der Waals surface area contributed by atoms with Crippen LogP contribution < -0.4 is 0 Å². The van der Waals surface area contributed by atoms with Crippen molar-refractivity contribution in [1.82, 2.24) is 4.31 Å². The van der Waals surface area contributed by atoms with Gasteiger partial charge < -0.3 is 0 Å². The Balaban J connectivity index is 2.67. The van der Waals surface area contributed by atoms with Gasteiger partial charge in [-0.2, -0.15) is 0 Å². The number of hydrogen-bond donors (Lipinski definition) is 0. The minimum Gasteiger partial charge on any atom is -0.213 e. The molecule has 0 aromatic carbocycles. The molecule has 0 radical (unpaired) electrons. The van der Waals surface area contributed by atoms with Gasteiger partial charge in [0.25, 0.3) is 0 Å². The van der Waals surface area contributed by atoms with Gasteiger partial charge >= 0.3 is 0 Å². The zero-order chi connectivity index (χ0) is 10.1. The van der Waals surface area contributed by atoms with E-state index in [-0.39, 0.29) is 0 Å². The smallest absolute Gasteiger partial charge is 0.211 e. The highest BCUT2D eigenvalue weighted by Crippen LogP contribution is 2.23. The lowest BCUT2D eigenvalue weighted by Crippen LogP contribution is -2.39. The van der Waals surface area contributed by atoms with Gasteiger partial charge in [-0.15, -0.1) is 0 Å². The summed E-state index contributed by atoms with van der Waals surface area (Å²) in [6.07, 6.45) is 3.29. The van der Waals surface area contributed by atoms with Crippen molar-refractivity contribution in [3.63, 3.8) is 0 Å². The summed E-state index contributed by atoms with van der Waals surface area (Å²) in [4.78, 5) is 0. The average molecular weight is 203 g/mol. The molecule has 0 aliphatic carbocycles. The van der Waals surface area contributed by atoms with Crippen LogP contribution in [0.5, 0.6) is 0 Å². The summed E-state index contributed by atoms with van der Waals surface area (Å²) in [7, 11) is -3.00. The fraction of sp³-hybridized carbons (Fsp3) is 0.778. The third-order valence-corrected chi connectivity index (χ3v) is 3.82. The van der Waals surface area contributed by atoms with Crippen LogP contribution in [0, 0.1) is 5.92 Å². The fourth-order valence-corrected chi connectivity index (χ4v) is 2.56. The summed E-state index contributed by atoms with van der Waals surface area (Å²) >= 11 is 0. The summed E-state index contributed by atoms with van der Waals surface area (Å²) in [5.41, 5.74) is 1.09. The fourth-order valence-electron chi connectivity index (χ4n) is 1.65. The van der Waals surface area contributed by atoms with Crippen molar-refractivity contribution in [3.8, 4) is 0 Å². The van der Waals surface area contributed by atoms with Gasteiger partial charge in [-0.25, -0.2) is 12.7 Å². The summed E-state index contributed by atoms with van der Waals surface area (Å²) < 4.78 is 24.1. The van der Waals surface area contributed by atoms with Crippen molar-refractivity contribution in [2.45, 2.75) is 19.8 Å². The zero-order valence-electron chi connectivity index (χ0n) is 8.28. The number of hydrogen-bond acceptors (Lipinski definition) is 2. The summed E-state index contributed by atoms with van der Waals surface area (Å²) in [6.45, 7) is 7.13. The van der Waals surface area contributed by atoms with Crippen molar-refractivity contribution in [2.75, 3.05) is 19.3 Å². The van der Waals surface area contributed by atoms with Crippen LogP contribution in [0.2, 0.25) is 0 Å². The molecule has 1 saturated heterocycles. The topological polar surface area (TPSA) is 37.4 Å². The van der Waals surface area contributed by atoms with E-state index in [4.69, 9.17) is 0 Å². The van der Waals surface area contributed by atoms with Crippen LogP contribution in [0.25, 0.3) is 0 Å². The van der Waals surface area contributed by atoms with Crippen LogP contribution in [0.1, 0.15) is 19.8 Å². The molecule has 1 aliphatic heterocycles. The van der Waals surface area contributed by atoms with Crippen molar-refractivity contribution in [2.24, 2.45) is 5.92 Å². The lowest BCUT2D eigenvalue weighted by molar-refractivity contribution is 0.294. The maximum absolute atomic E-state index is 11.3. The Morgan fingerprint density at radius 3 is 2.62 bits per heavy atom. The molecule has 1 atom stereocenters. The molecule has 1 aliphatic rings. The van der Waals surface area contributed by atoms with E-state index < -0.39 is 10.0 Å². The van der Waals surface area contributed by atoms with Crippen molar-refractivity contribution >= 4 is 10.0 Å². The minimum atomic E-state index is -3.00. The third kappa shape index (κ3) is 2.81. The lowest BCUT2D eigenvalue weighted by atomic mass is 9.94. The Kier molecular flexibility index (Phi) is 3.14. The molecule has 0 saturated carbocycles. The molecule has 0 spiro atoms. The Morgan fingerprint density at radius 1 is 1.54 bits per heavy atom. The molecular formula is C9H17NO2S. The predicted molar refractivity (Wildman–Crippen MR) is 54.0 cm³/mol. The van der Waals surface area contributed by atoms with Crippen LogP contribution in [0.3, 0.4) is 0 Å². The first kappa shape index (κ1) is 10.7. The highest BCUT2D eigenvalue weighted by Gasteiger charge is 2.25. The first-order chi connectivity index (χ1) is 5.91. The lowest BCUT2D eigenvalue weighted by Gasteiger charge is -2.31. The average Bonchev–Trinajstić information content (AvgIpc) is 2.03. The SMILES string of the molecule is C=C(C)C1CCCN(S(C)(=O)=O)C1. The van der Waals surface area contributed by atoms with E-state index >= 15 is 0 Å². The van der Waals surface area contributed by atoms with Gasteiger partial charge in [0.05, 0.1) is 6.26 Å². The Hall–Kier alpha value is -0.350. The number of piperidine rings is 1. The van der Waals surface area contributed by atoms with E-state index in [1.165, 1.54) is 6.26 Å². The molecule has 3 nitrogen and oxygen atoms in total. The second-order valence-corrected chi connectivity index (χ2v) is 5.79. The van der Waals surface area contributed by atoms with Gasteiger partial charge in [-0.05, 0) is 25.7 Å². The Labute approximate surface area is 80.5 Å². The first-order valence-electron chi connectivity index (χ1n) is 4.52. The van der Waals surface area contributed by atoms with E-state index in [2.05, 4.69) is 6.58 Å². The summed E-state index contributed by atoms with van der Waals surface area (Å²) in [5, 5.41) is 0.